The highest BCUT2D eigenvalue weighted by molar-refractivity contribution is 7.08. The van der Waals surface area contributed by atoms with Gasteiger partial charge in [-0.3, -0.25) is 9.20 Å². The fourth-order valence-corrected chi connectivity index (χ4v) is 3.87. The first-order valence-electron chi connectivity index (χ1n) is 8.48. The van der Waals surface area contributed by atoms with Gasteiger partial charge in [-0.1, -0.05) is 0 Å². The molecule has 1 saturated carbocycles. The first kappa shape index (κ1) is 18.4. The van der Waals surface area contributed by atoms with E-state index in [1.54, 1.807) is 23.8 Å². The molecule has 144 valence electrons. The van der Waals surface area contributed by atoms with E-state index >= 15 is 0 Å². The molecule has 0 bridgehead atoms. The average Bonchev–Trinajstić information content (AvgIpc) is 3.18. The molecule has 1 aliphatic rings. The number of carbonyl (C=O) groups excluding carboxylic acids is 1. The Balaban J connectivity index is 1.74. The van der Waals surface area contributed by atoms with Gasteiger partial charge in [0.15, 0.2) is 11.3 Å². The number of hydrogen-bond donors (Lipinski definition) is 1. The largest absolute Gasteiger partial charge is 0.408 e. The van der Waals surface area contributed by atoms with Crippen molar-refractivity contribution in [3.8, 4) is 17.3 Å². The second-order valence-electron chi connectivity index (χ2n) is 6.71. The maximum atomic E-state index is 13.2. The summed E-state index contributed by atoms with van der Waals surface area (Å²) in [5, 5.41) is 14.8. The second-order valence-corrected chi connectivity index (χ2v) is 7.45. The van der Waals surface area contributed by atoms with E-state index in [0.717, 1.165) is 0 Å². The monoisotopic (exact) mass is 405 g/mol. The van der Waals surface area contributed by atoms with Crippen LogP contribution in [0, 0.1) is 24.2 Å². The molecule has 1 aliphatic carbocycles. The van der Waals surface area contributed by atoms with Crippen LogP contribution in [0.25, 0.3) is 16.9 Å². The average molecular weight is 405 g/mol. The molecule has 1 N–H and O–H groups in total. The van der Waals surface area contributed by atoms with Crippen LogP contribution in [0.5, 0.6) is 0 Å². The zero-order chi connectivity index (χ0) is 20.1. The lowest BCUT2D eigenvalue weighted by Crippen LogP contribution is -2.47. The SMILES string of the molecule is Cc1cc(-c2cscc2C#N)nc2c(C(=O)NC(C3CC3)C(F)(F)F)ncn12. The lowest BCUT2D eigenvalue weighted by atomic mass is 10.1. The molecule has 0 spiro atoms. The molecule has 1 unspecified atom stereocenters. The molecular weight excluding hydrogens is 391 g/mol. The van der Waals surface area contributed by atoms with Crippen molar-refractivity contribution in [2.75, 3.05) is 0 Å². The van der Waals surface area contributed by atoms with Crippen LogP contribution in [0.3, 0.4) is 0 Å². The summed E-state index contributed by atoms with van der Waals surface area (Å²) >= 11 is 1.34. The van der Waals surface area contributed by atoms with Gasteiger partial charge < -0.3 is 5.32 Å². The number of carbonyl (C=O) groups is 1. The van der Waals surface area contributed by atoms with Gasteiger partial charge in [0.25, 0.3) is 5.91 Å². The van der Waals surface area contributed by atoms with E-state index in [9.17, 15) is 23.2 Å². The fourth-order valence-electron chi connectivity index (χ4n) is 3.11. The molecule has 28 heavy (non-hydrogen) atoms. The summed E-state index contributed by atoms with van der Waals surface area (Å²) in [4.78, 5) is 21.0. The molecule has 1 atom stereocenters. The number of nitrogens with one attached hydrogen (secondary N) is 1. The summed E-state index contributed by atoms with van der Waals surface area (Å²) in [7, 11) is 0. The predicted molar refractivity (Wildman–Crippen MR) is 95.8 cm³/mol. The Kier molecular flexibility index (Phi) is 4.34. The van der Waals surface area contributed by atoms with Gasteiger partial charge in [0.2, 0.25) is 0 Å². The normalized spacial score (nSPS) is 15.4. The number of alkyl halides is 3. The highest BCUT2D eigenvalue weighted by Gasteiger charge is 2.50. The summed E-state index contributed by atoms with van der Waals surface area (Å²) < 4.78 is 41.3. The maximum Gasteiger partial charge on any atom is 0.408 e. The van der Waals surface area contributed by atoms with Gasteiger partial charge in [-0.2, -0.15) is 29.8 Å². The van der Waals surface area contributed by atoms with Crippen molar-refractivity contribution in [2.45, 2.75) is 32.0 Å². The fraction of sp³-hybridized carbons (Fsp3) is 0.333. The van der Waals surface area contributed by atoms with E-state index in [2.05, 4.69) is 21.4 Å². The molecule has 1 amide bonds. The van der Waals surface area contributed by atoms with E-state index in [-0.39, 0.29) is 11.3 Å². The molecule has 3 aromatic rings. The summed E-state index contributed by atoms with van der Waals surface area (Å²) in [6.45, 7) is 1.77. The number of thiophene rings is 1. The highest BCUT2D eigenvalue weighted by atomic mass is 32.1. The molecule has 10 heteroatoms. The Morgan fingerprint density at radius 2 is 2.18 bits per heavy atom. The van der Waals surface area contributed by atoms with Crippen LogP contribution < -0.4 is 5.32 Å². The minimum Gasteiger partial charge on any atom is -0.339 e. The third-order valence-electron chi connectivity index (χ3n) is 4.70. The summed E-state index contributed by atoms with van der Waals surface area (Å²) in [6.07, 6.45) is -2.29. The summed E-state index contributed by atoms with van der Waals surface area (Å²) in [6, 6.07) is 1.93. The van der Waals surface area contributed by atoms with Gasteiger partial charge in [-0.05, 0) is 31.7 Å². The van der Waals surface area contributed by atoms with Crippen LogP contribution in [0.4, 0.5) is 13.2 Å². The zero-order valence-corrected chi connectivity index (χ0v) is 15.4. The van der Waals surface area contributed by atoms with Crippen molar-refractivity contribution in [3.63, 3.8) is 0 Å². The van der Waals surface area contributed by atoms with Crippen LogP contribution in [0.2, 0.25) is 0 Å². The summed E-state index contributed by atoms with van der Waals surface area (Å²) in [5.41, 5.74) is 2.19. The number of fused-ring (bicyclic) bond motifs is 1. The molecule has 0 aliphatic heterocycles. The highest BCUT2D eigenvalue weighted by Crippen LogP contribution is 2.40. The Labute approximate surface area is 161 Å². The molecule has 1 fully saturated rings. The van der Waals surface area contributed by atoms with Crippen molar-refractivity contribution in [1.82, 2.24) is 19.7 Å². The van der Waals surface area contributed by atoms with Crippen molar-refractivity contribution in [2.24, 2.45) is 5.92 Å². The topological polar surface area (TPSA) is 83.1 Å². The summed E-state index contributed by atoms with van der Waals surface area (Å²) in [5.74, 6) is -1.50. The molecule has 0 radical (unpaired) electrons. The number of aromatic nitrogens is 3. The van der Waals surface area contributed by atoms with Gasteiger partial charge in [0, 0.05) is 22.0 Å². The molecule has 0 saturated heterocycles. The number of aryl methyl sites for hydroxylation is 1. The van der Waals surface area contributed by atoms with Gasteiger partial charge in [-0.15, -0.1) is 0 Å². The van der Waals surface area contributed by atoms with Crippen molar-refractivity contribution < 1.29 is 18.0 Å². The van der Waals surface area contributed by atoms with Crippen LogP contribution in [0.15, 0.2) is 23.2 Å². The molecule has 6 nitrogen and oxygen atoms in total. The first-order chi connectivity index (χ1) is 13.3. The number of nitrogens with zero attached hydrogens (tertiary/aromatic N) is 4. The van der Waals surface area contributed by atoms with E-state index in [1.165, 1.54) is 22.1 Å². The van der Waals surface area contributed by atoms with Crippen LogP contribution in [-0.4, -0.2) is 32.5 Å². The minimum atomic E-state index is -4.51. The van der Waals surface area contributed by atoms with Crippen LogP contribution in [-0.2, 0) is 0 Å². The quantitative estimate of drug-likeness (QED) is 0.717. The number of hydrogen-bond acceptors (Lipinski definition) is 5. The Hall–Kier alpha value is -2.93. The van der Waals surface area contributed by atoms with Gasteiger partial charge in [-0.25, -0.2) is 9.97 Å². The van der Waals surface area contributed by atoms with Gasteiger partial charge in [0.05, 0.1) is 11.3 Å². The van der Waals surface area contributed by atoms with E-state index < -0.39 is 24.0 Å². The molecule has 3 heterocycles. The predicted octanol–water partition coefficient (Wildman–Crippen LogP) is 3.71. The second kappa shape index (κ2) is 6.60. The maximum absolute atomic E-state index is 13.2. The van der Waals surface area contributed by atoms with Crippen molar-refractivity contribution in [1.29, 1.82) is 5.26 Å². The Bertz CT molecular complexity index is 1110. The lowest BCUT2D eigenvalue weighted by molar-refractivity contribution is -0.158. The number of nitriles is 1. The van der Waals surface area contributed by atoms with E-state index in [1.807, 2.05) is 0 Å². The lowest BCUT2D eigenvalue weighted by Gasteiger charge is -2.20. The van der Waals surface area contributed by atoms with Crippen molar-refractivity contribution >= 4 is 22.9 Å². The number of halogens is 3. The number of amides is 1. The molecular formula is C18H14F3N5OS. The number of imidazole rings is 1. The van der Waals surface area contributed by atoms with E-state index in [4.69, 9.17) is 0 Å². The van der Waals surface area contributed by atoms with Crippen molar-refractivity contribution in [3.05, 3.63) is 40.1 Å². The first-order valence-corrected chi connectivity index (χ1v) is 9.43. The standard InChI is InChI=1S/C18H14F3N5OS/c1-9-4-13(12-7-28-6-11(12)5-22)24-16-14(23-8-26(9)16)17(27)25-15(10-2-3-10)18(19,20)21/h4,6-8,10,15H,2-3H2,1H3,(H,25,27). The Morgan fingerprint density at radius 1 is 1.43 bits per heavy atom. The molecule has 0 aromatic carbocycles. The van der Waals surface area contributed by atoms with Gasteiger partial charge >= 0.3 is 6.18 Å². The third kappa shape index (κ3) is 3.22. The Morgan fingerprint density at radius 3 is 2.82 bits per heavy atom. The third-order valence-corrected chi connectivity index (χ3v) is 5.44. The van der Waals surface area contributed by atoms with Crippen LogP contribution >= 0.6 is 11.3 Å². The zero-order valence-electron chi connectivity index (χ0n) is 14.6. The minimum absolute atomic E-state index is 0.152. The van der Waals surface area contributed by atoms with Crippen LogP contribution in [0.1, 0.15) is 34.6 Å². The molecule has 3 aromatic heterocycles. The molecule has 4 rings (SSSR count). The smallest absolute Gasteiger partial charge is 0.339 e. The number of rotatable bonds is 4. The van der Waals surface area contributed by atoms with Gasteiger partial charge in [0.1, 0.15) is 18.4 Å². The van der Waals surface area contributed by atoms with E-state index in [0.29, 0.717) is 35.4 Å².